The minimum Gasteiger partial charge on any atom is -0.456 e. The number of para-hydroxylation sites is 2. The third-order valence-corrected chi connectivity index (χ3v) is 11.7. The minimum atomic E-state index is 0.902. The fourth-order valence-electron chi connectivity index (χ4n) is 8.75. The number of hydrogen-bond donors (Lipinski definition) is 0. The quantitative estimate of drug-likeness (QED) is 0.153. The van der Waals surface area contributed by atoms with Crippen LogP contribution in [0, 0.1) is 0 Å². The lowest BCUT2D eigenvalue weighted by molar-refractivity contribution is 0.669. The molecule has 2 nitrogen and oxygen atoms in total. The van der Waals surface area contributed by atoms with Gasteiger partial charge in [0.25, 0.3) is 0 Å². The zero-order valence-corrected chi connectivity index (χ0v) is 32.9. The summed E-state index contributed by atoms with van der Waals surface area (Å²) in [5, 5.41) is 4.76. The summed E-state index contributed by atoms with van der Waals surface area (Å²) in [6, 6.07) is 84.9. The second-order valence-electron chi connectivity index (χ2n) is 15.3. The number of anilines is 3. The Morgan fingerprint density at radius 1 is 0.267 bits per heavy atom. The molecule has 0 aliphatic carbocycles. The van der Waals surface area contributed by atoms with Gasteiger partial charge in [-0.25, -0.2) is 0 Å². The molecule has 1 aromatic heterocycles. The van der Waals surface area contributed by atoms with Gasteiger partial charge in [0, 0.05) is 27.7 Å². The molecule has 2 heteroatoms. The van der Waals surface area contributed by atoms with Crippen molar-refractivity contribution >= 4 is 49.8 Å². The molecule has 0 saturated heterocycles. The lowest BCUT2D eigenvalue weighted by Crippen LogP contribution is -2.11. The highest BCUT2D eigenvalue weighted by molar-refractivity contribution is 6.07. The van der Waals surface area contributed by atoms with Crippen LogP contribution in [-0.4, -0.2) is 0 Å². The van der Waals surface area contributed by atoms with Crippen molar-refractivity contribution < 1.29 is 4.42 Å². The summed E-state index contributed by atoms with van der Waals surface area (Å²) in [6.07, 6.45) is 0. The van der Waals surface area contributed by atoms with Crippen molar-refractivity contribution in [3.05, 3.63) is 237 Å². The summed E-state index contributed by atoms with van der Waals surface area (Å²) in [4.78, 5) is 2.38. The Kier molecular flexibility index (Phi) is 8.87. The zero-order valence-electron chi connectivity index (χ0n) is 32.9. The number of nitrogens with zero attached hydrogens (tertiary/aromatic N) is 1. The van der Waals surface area contributed by atoms with Crippen molar-refractivity contribution in [2.24, 2.45) is 0 Å². The van der Waals surface area contributed by atoms with E-state index < -0.39 is 0 Å². The van der Waals surface area contributed by atoms with Crippen molar-refractivity contribution in [3.8, 4) is 55.6 Å². The van der Waals surface area contributed by atoms with Crippen LogP contribution >= 0.6 is 0 Å². The van der Waals surface area contributed by atoms with Crippen molar-refractivity contribution in [2.75, 3.05) is 4.90 Å². The molecule has 0 N–H and O–H groups in total. The first kappa shape index (κ1) is 35.2. The molecular weight excluding hydrogens is 727 g/mol. The van der Waals surface area contributed by atoms with Crippen LogP contribution in [0.3, 0.4) is 0 Å². The molecule has 0 amide bonds. The maximum absolute atomic E-state index is 6.18. The van der Waals surface area contributed by atoms with E-state index in [0.717, 1.165) is 55.7 Å². The summed E-state index contributed by atoms with van der Waals surface area (Å²) in [5.41, 5.74) is 16.9. The largest absolute Gasteiger partial charge is 0.456 e. The van der Waals surface area contributed by atoms with Crippen LogP contribution in [0.4, 0.5) is 17.1 Å². The topological polar surface area (TPSA) is 16.4 Å². The summed E-state index contributed by atoms with van der Waals surface area (Å²) in [6.45, 7) is 0. The number of furan rings is 1. The Morgan fingerprint density at radius 3 is 1.57 bits per heavy atom. The molecule has 1 heterocycles. The highest BCUT2D eigenvalue weighted by atomic mass is 16.3. The van der Waals surface area contributed by atoms with Crippen LogP contribution in [-0.2, 0) is 0 Å². The van der Waals surface area contributed by atoms with Crippen molar-refractivity contribution in [1.29, 1.82) is 0 Å². The monoisotopic (exact) mass is 765 g/mol. The van der Waals surface area contributed by atoms with Gasteiger partial charge in [0.05, 0.1) is 5.69 Å². The van der Waals surface area contributed by atoms with Gasteiger partial charge in [0.1, 0.15) is 11.2 Å². The molecule has 0 aliphatic heterocycles. The van der Waals surface area contributed by atoms with Crippen LogP contribution < -0.4 is 4.90 Å². The summed E-state index contributed by atoms with van der Waals surface area (Å²) < 4.78 is 6.18. The van der Waals surface area contributed by atoms with Gasteiger partial charge in [-0.3, -0.25) is 0 Å². The Morgan fingerprint density at radius 2 is 0.800 bits per heavy atom. The Balaban J connectivity index is 1.00. The molecule has 0 spiro atoms. The Labute approximate surface area is 349 Å². The Bertz CT molecular complexity index is 3290. The maximum Gasteiger partial charge on any atom is 0.135 e. The molecule has 282 valence electrons. The highest BCUT2D eigenvalue weighted by Crippen LogP contribution is 2.43. The van der Waals surface area contributed by atoms with E-state index >= 15 is 0 Å². The van der Waals surface area contributed by atoms with Gasteiger partial charge in [-0.2, -0.15) is 0 Å². The van der Waals surface area contributed by atoms with Crippen molar-refractivity contribution in [3.63, 3.8) is 0 Å². The van der Waals surface area contributed by atoms with E-state index in [1.54, 1.807) is 0 Å². The normalized spacial score (nSPS) is 11.3. The molecule has 0 unspecified atom stereocenters. The fraction of sp³-hybridized carbons (Fsp3) is 0. The minimum absolute atomic E-state index is 0.902. The molecule has 0 fully saturated rings. The molecule has 0 bridgehead atoms. The van der Waals surface area contributed by atoms with Gasteiger partial charge in [-0.1, -0.05) is 182 Å². The second-order valence-corrected chi connectivity index (χ2v) is 15.3. The van der Waals surface area contributed by atoms with Crippen LogP contribution in [0.5, 0.6) is 0 Å². The number of rotatable bonds is 8. The van der Waals surface area contributed by atoms with Gasteiger partial charge in [0.15, 0.2) is 0 Å². The predicted molar refractivity (Wildman–Crippen MR) is 253 cm³/mol. The fourth-order valence-corrected chi connectivity index (χ4v) is 8.75. The van der Waals surface area contributed by atoms with E-state index in [-0.39, 0.29) is 0 Å². The lowest BCUT2D eigenvalue weighted by atomic mass is 9.90. The van der Waals surface area contributed by atoms with Gasteiger partial charge in [-0.05, 0) is 115 Å². The van der Waals surface area contributed by atoms with E-state index in [0.29, 0.717) is 0 Å². The first-order valence-corrected chi connectivity index (χ1v) is 20.5. The molecule has 0 atom stereocenters. The van der Waals surface area contributed by atoms with Gasteiger partial charge in [-0.15, -0.1) is 0 Å². The third kappa shape index (κ3) is 6.41. The molecular formula is C58H39NO. The van der Waals surface area contributed by atoms with Gasteiger partial charge >= 0.3 is 0 Å². The van der Waals surface area contributed by atoms with E-state index in [9.17, 15) is 0 Å². The lowest BCUT2D eigenvalue weighted by Gasteiger charge is -2.28. The number of benzene rings is 10. The van der Waals surface area contributed by atoms with E-state index in [4.69, 9.17) is 4.42 Å². The smallest absolute Gasteiger partial charge is 0.135 e. The van der Waals surface area contributed by atoms with Gasteiger partial charge < -0.3 is 9.32 Å². The number of hydrogen-bond acceptors (Lipinski definition) is 2. The molecule has 11 aromatic rings. The first-order valence-electron chi connectivity index (χ1n) is 20.5. The molecule has 11 rings (SSSR count). The van der Waals surface area contributed by atoms with Crippen LogP contribution in [0.2, 0.25) is 0 Å². The van der Waals surface area contributed by atoms with E-state index in [1.165, 1.54) is 49.7 Å². The predicted octanol–water partition coefficient (Wildman–Crippen LogP) is 16.5. The number of fused-ring (bicyclic) bond motifs is 4. The summed E-state index contributed by atoms with van der Waals surface area (Å²) >= 11 is 0. The van der Waals surface area contributed by atoms with Crippen molar-refractivity contribution in [1.82, 2.24) is 0 Å². The Hall–Kier alpha value is -7.94. The van der Waals surface area contributed by atoms with Gasteiger partial charge in [0.2, 0.25) is 0 Å². The molecule has 0 saturated carbocycles. The first-order chi connectivity index (χ1) is 29.7. The van der Waals surface area contributed by atoms with E-state index in [2.05, 4.69) is 229 Å². The molecule has 10 aromatic carbocycles. The van der Waals surface area contributed by atoms with Crippen molar-refractivity contribution in [2.45, 2.75) is 0 Å². The summed E-state index contributed by atoms with van der Waals surface area (Å²) in [7, 11) is 0. The molecule has 0 aliphatic rings. The van der Waals surface area contributed by atoms with E-state index in [1.807, 2.05) is 12.1 Å². The standard InChI is InChI=1S/C58H39NO/c1-3-14-42(15-4-1)52-21-9-11-24-56(52)59(48-34-28-44(29-35-48)50-23-13-19-41-18-7-8-20-49(41)50)47-32-26-40(27-33-47)45-30-36-51(54(38-45)43-16-5-2-6-17-43)46-31-37-58-55(39-46)53-22-10-12-25-57(53)60-58/h1-39H. The maximum atomic E-state index is 6.18. The second kappa shape index (κ2) is 15.1. The van der Waals surface area contributed by atoms with Crippen LogP contribution in [0.15, 0.2) is 241 Å². The molecule has 0 radical (unpaired) electrons. The average molecular weight is 766 g/mol. The summed E-state index contributed by atoms with van der Waals surface area (Å²) in [5.74, 6) is 0. The average Bonchev–Trinajstić information content (AvgIpc) is 3.71. The van der Waals surface area contributed by atoms with Crippen LogP contribution in [0.25, 0.3) is 88.3 Å². The highest BCUT2D eigenvalue weighted by Gasteiger charge is 2.19. The third-order valence-electron chi connectivity index (χ3n) is 11.7. The zero-order chi connectivity index (χ0) is 39.8. The van der Waals surface area contributed by atoms with Crippen LogP contribution in [0.1, 0.15) is 0 Å². The molecule has 60 heavy (non-hydrogen) atoms. The SMILES string of the molecule is c1ccc(-c2cc(-c3ccc(N(c4ccc(-c5cccc6ccccc56)cc4)c4ccccc4-c4ccccc4)cc3)ccc2-c2ccc3oc4ccccc4c3c2)cc1.